The topological polar surface area (TPSA) is 49.4 Å². The Bertz CT molecular complexity index is 600. The molecular formula is C14H13F3N2O2. The molecule has 0 bridgehead atoms. The zero-order valence-electron chi connectivity index (χ0n) is 11.0. The van der Waals surface area contributed by atoms with E-state index in [2.05, 4.69) is 5.32 Å². The zero-order chi connectivity index (χ0) is 15.2. The van der Waals surface area contributed by atoms with E-state index >= 15 is 0 Å². The molecule has 0 spiro atoms. The van der Waals surface area contributed by atoms with Crippen LogP contribution in [0.4, 0.5) is 13.2 Å². The van der Waals surface area contributed by atoms with E-state index in [1.54, 1.807) is 0 Å². The minimum absolute atomic E-state index is 0.00447. The lowest BCUT2D eigenvalue weighted by atomic mass is 10.1. The van der Waals surface area contributed by atoms with Crippen molar-refractivity contribution in [3.63, 3.8) is 0 Å². The molecule has 3 rings (SSSR count). The second-order valence-corrected chi connectivity index (χ2v) is 5.31. The Morgan fingerprint density at radius 2 is 2.10 bits per heavy atom. The SMILES string of the molecule is O=C1CC2C(CCN2C(=O)c2cccc(C(F)(F)F)c2)N1. The number of carbonyl (C=O) groups excluding carboxylic acids is 2. The second kappa shape index (κ2) is 4.75. The molecule has 112 valence electrons. The predicted octanol–water partition coefficient (Wildman–Crippen LogP) is 1.81. The number of fused-ring (bicyclic) bond motifs is 1. The van der Waals surface area contributed by atoms with Crippen LogP contribution >= 0.6 is 0 Å². The van der Waals surface area contributed by atoms with Crippen LogP contribution in [0.5, 0.6) is 0 Å². The Kier molecular flexibility index (Phi) is 3.15. The Balaban J connectivity index is 1.84. The number of hydrogen-bond donors (Lipinski definition) is 1. The molecule has 0 aliphatic carbocycles. The molecule has 2 unspecified atom stereocenters. The molecule has 2 atom stereocenters. The maximum atomic E-state index is 12.7. The van der Waals surface area contributed by atoms with E-state index in [-0.39, 0.29) is 30.0 Å². The number of benzene rings is 1. The zero-order valence-corrected chi connectivity index (χ0v) is 11.0. The molecule has 2 aliphatic rings. The van der Waals surface area contributed by atoms with Gasteiger partial charge in [0.1, 0.15) is 0 Å². The molecule has 0 aromatic heterocycles. The maximum Gasteiger partial charge on any atom is 0.416 e. The normalized spacial score (nSPS) is 24.9. The summed E-state index contributed by atoms with van der Waals surface area (Å²) in [4.78, 5) is 25.2. The van der Waals surface area contributed by atoms with E-state index in [4.69, 9.17) is 0 Å². The molecule has 0 radical (unpaired) electrons. The summed E-state index contributed by atoms with van der Waals surface area (Å²) in [5.41, 5.74) is -0.838. The molecule has 2 fully saturated rings. The first-order valence-corrected chi connectivity index (χ1v) is 6.64. The highest BCUT2D eigenvalue weighted by molar-refractivity contribution is 5.95. The molecule has 1 aromatic rings. The number of carbonyl (C=O) groups is 2. The van der Waals surface area contributed by atoms with Gasteiger partial charge in [-0.1, -0.05) is 6.07 Å². The highest BCUT2D eigenvalue weighted by atomic mass is 19.4. The van der Waals surface area contributed by atoms with Crippen LogP contribution in [0, 0.1) is 0 Å². The molecule has 21 heavy (non-hydrogen) atoms. The third-order valence-corrected chi connectivity index (χ3v) is 3.98. The summed E-state index contributed by atoms with van der Waals surface area (Å²) in [5.74, 6) is -0.573. The van der Waals surface area contributed by atoms with E-state index in [9.17, 15) is 22.8 Å². The maximum absolute atomic E-state index is 12.7. The molecule has 2 amide bonds. The van der Waals surface area contributed by atoms with Crippen molar-refractivity contribution in [3.8, 4) is 0 Å². The lowest BCUT2D eigenvalue weighted by molar-refractivity contribution is -0.137. The van der Waals surface area contributed by atoms with Crippen LogP contribution in [0.25, 0.3) is 0 Å². The fraction of sp³-hybridized carbons (Fsp3) is 0.429. The van der Waals surface area contributed by atoms with Crippen molar-refractivity contribution in [3.05, 3.63) is 35.4 Å². The molecular weight excluding hydrogens is 285 g/mol. The van der Waals surface area contributed by atoms with Gasteiger partial charge in [-0.05, 0) is 24.6 Å². The van der Waals surface area contributed by atoms with Crippen molar-refractivity contribution < 1.29 is 22.8 Å². The summed E-state index contributed by atoms with van der Waals surface area (Å²) >= 11 is 0. The third kappa shape index (κ3) is 2.48. The minimum atomic E-state index is -4.48. The van der Waals surface area contributed by atoms with Gasteiger partial charge in [-0.3, -0.25) is 9.59 Å². The highest BCUT2D eigenvalue weighted by Gasteiger charge is 2.43. The van der Waals surface area contributed by atoms with Gasteiger partial charge in [0, 0.05) is 18.5 Å². The summed E-state index contributed by atoms with van der Waals surface area (Å²) in [6.07, 6.45) is -3.62. The van der Waals surface area contributed by atoms with Crippen LogP contribution in [0.2, 0.25) is 0 Å². The average Bonchev–Trinajstić information content (AvgIpc) is 2.96. The number of halogens is 3. The van der Waals surface area contributed by atoms with Gasteiger partial charge in [0.25, 0.3) is 5.91 Å². The number of hydrogen-bond acceptors (Lipinski definition) is 2. The Hall–Kier alpha value is -2.05. The fourth-order valence-electron chi connectivity index (χ4n) is 2.98. The lowest BCUT2D eigenvalue weighted by Crippen LogP contribution is -2.38. The summed E-state index contributed by atoms with van der Waals surface area (Å²) in [5, 5.41) is 2.77. The van der Waals surface area contributed by atoms with Gasteiger partial charge in [-0.15, -0.1) is 0 Å². The molecule has 1 N–H and O–H groups in total. The van der Waals surface area contributed by atoms with E-state index < -0.39 is 17.6 Å². The first kappa shape index (κ1) is 13.9. The number of nitrogens with zero attached hydrogens (tertiary/aromatic N) is 1. The van der Waals surface area contributed by atoms with Crippen LogP contribution in [0.3, 0.4) is 0 Å². The van der Waals surface area contributed by atoms with E-state index in [1.165, 1.54) is 17.0 Å². The Morgan fingerprint density at radius 1 is 1.33 bits per heavy atom. The van der Waals surface area contributed by atoms with Crippen LogP contribution in [0.1, 0.15) is 28.8 Å². The summed E-state index contributed by atoms with van der Waals surface area (Å²) in [6.45, 7) is 0.449. The molecule has 0 saturated carbocycles. The molecule has 4 nitrogen and oxygen atoms in total. The largest absolute Gasteiger partial charge is 0.416 e. The summed E-state index contributed by atoms with van der Waals surface area (Å²) in [7, 11) is 0. The van der Waals surface area contributed by atoms with Crippen molar-refractivity contribution in [2.24, 2.45) is 0 Å². The Morgan fingerprint density at radius 3 is 2.81 bits per heavy atom. The molecule has 2 heterocycles. The van der Waals surface area contributed by atoms with E-state index in [0.717, 1.165) is 12.1 Å². The second-order valence-electron chi connectivity index (χ2n) is 5.31. The molecule has 1 aromatic carbocycles. The van der Waals surface area contributed by atoms with Gasteiger partial charge in [0.05, 0.1) is 17.6 Å². The number of likely N-dealkylation sites (tertiary alicyclic amines) is 1. The average molecular weight is 298 g/mol. The summed E-state index contributed by atoms with van der Waals surface area (Å²) in [6, 6.07) is 4.06. The van der Waals surface area contributed by atoms with E-state index in [0.29, 0.717) is 13.0 Å². The highest BCUT2D eigenvalue weighted by Crippen LogP contribution is 2.31. The van der Waals surface area contributed by atoms with Gasteiger partial charge >= 0.3 is 6.18 Å². The van der Waals surface area contributed by atoms with Crippen LogP contribution in [0.15, 0.2) is 24.3 Å². The van der Waals surface area contributed by atoms with Gasteiger partial charge in [0.15, 0.2) is 0 Å². The lowest BCUT2D eigenvalue weighted by Gasteiger charge is -2.23. The molecule has 2 aliphatic heterocycles. The van der Waals surface area contributed by atoms with Gasteiger partial charge in [-0.2, -0.15) is 13.2 Å². The van der Waals surface area contributed by atoms with E-state index in [1.807, 2.05) is 0 Å². The van der Waals surface area contributed by atoms with Crippen molar-refractivity contribution in [2.45, 2.75) is 31.1 Å². The van der Waals surface area contributed by atoms with Crippen LogP contribution in [-0.4, -0.2) is 35.3 Å². The number of nitrogens with one attached hydrogen (secondary N) is 1. The number of amides is 2. The molecule has 2 saturated heterocycles. The number of rotatable bonds is 1. The fourth-order valence-corrected chi connectivity index (χ4v) is 2.98. The molecule has 7 heteroatoms. The Labute approximate surface area is 118 Å². The van der Waals surface area contributed by atoms with Crippen LogP contribution in [-0.2, 0) is 11.0 Å². The standard InChI is InChI=1S/C14H13F3N2O2/c15-14(16,17)9-3-1-2-8(6-9)13(21)19-5-4-10-11(19)7-12(20)18-10/h1-3,6,10-11H,4-5,7H2,(H,18,20). The van der Waals surface area contributed by atoms with Gasteiger partial charge in [-0.25, -0.2) is 0 Å². The monoisotopic (exact) mass is 298 g/mol. The van der Waals surface area contributed by atoms with Crippen molar-refractivity contribution in [1.82, 2.24) is 10.2 Å². The predicted molar refractivity (Wildman–Crippen MR) is 67.4 cm³/mol. The van der Waals surface area contributed by atoms with Crippen molar-refractivity contribution >= 4 is 11.8 Å². The van der Waals surface area contributed by atoms with Gasteiger partial charge in [0.2, 0.25) is 5.91 Å². The van der Waals surface area contributed by atoms with Crippen LogP contribution < -0.4 is 5.32 Å². The minimum Gasteiger partial charge on any atom is -0.351 e. The quantitative estimate of drug-likeness (QED) is 0.859. The smallest absolute Gasteiger partial charge is 0.351 e. The van der Waals surface area contributed by atoms with Crippen molar-refractivity contribution in [2.75, 3.05) is 6.54 Å². The first-order chi connectivity index (χ1) is 9.86. The first-order valence-electron chi connectivity index (χ1n) is 6.64. The third-order valence-electron chi connectivity index (χ3n) is 3.98. The van der Waals surface area contributed by atoms with Crippen molar-refractivity contribution in [1.29, 1.82) is 0 Å². The summed E-state index contributed by atoms with van der Waals surface area (Å²) < 4.78 is 38.1. The van der Waals surface area contributed by atoms with Gasteiger partial charge < -0.3 is 10.2 Å². The number of alkyl halides is 3.